The fourth-order valence-corrected chi connectivity index (χ4v) is 3.35. The summed E-state index contributed by atoms with van der Waals surface area (Å²) in [6, 6.07) is 4.65. The predicted molar refractivity (Wildman–Crippen MR) is 106 cm³/mol. The second-order valence-electron chi connectivity index (χ2n) is 6.63. The van der Waals surface area contributed by atoms with E-state index in [9.17, 15) is 22.4 Å². The molecule has 166 valence electrons. The van der Waals surface area contributed by atoms with E-state index < -0.39 is 29.3 Å². The lowest BCUT2D eigenvalue weighted by atomic mass is 10.2. The normalized spacial score (nSPS) is 11.8. The smallest absolute Gasteiger partial charge is 0.288 e. The van der Waals surface area contributed by atoms with Crippen molar-refractivity contribution in [2.45, 2.75) is 19.6 Å². The Morgan fingerprint density at radius 3 is 2.62 bits per heavy atom. The van der Waals surface area contributed by atoms with E-state index in [1.54, 1.807) is 0 Å². The van der Waals surface area contributed by atoms with E-state index in [2.05, 4.69) is 25.5 Å². The van der Waals surface area contributed by atoms with Crippen LogP contribution in [0.4, 0.5) is 23.5 Å². The van der Waals surface area contributed by atoms with Gasteiger partial charge in [-0.1, -0.05) is 29.3 Å². The number of hydrogen-bond acceptors (Lipinski definition) is 5. The quantitative estimate of drug-likeness (QED) is 0.431. The number of aromatic nitrogens is 6. The van der Waals surface area contributed by atoms with E-state index in [4.69, 9.17) is 23.2 Å². The minimum absolute atomic E-state index is 0.0541. The number of rotatable bonds is 4. The lowest BCUT2D eigenvalue weighted by molar-refractivity contribution is -0.142. The van der Waals surface area contributed by atoms with Gasteiger partial charge in [0.15, 0.2) is 11.3 Å². The lowest BCUT2D eigenvalue weighted by Gasteiger charge is -2.09. The number of carbonyl (C=O) groups excluding carboxylic acids is 1. The first kappa shape index (κ1) is 22.0. The summed E-state index contributed by atoms with van der Waals surface area (Å²) in [6.45, 7) is 1.50. The van der Waals surface area contributed by atoms with Gasteiger partial charge in [0.25, 0.3) is 5.91 Å². The Kier molecular flexibility index (Phi) is 5.51. The van der Waals surface area contributed by atoms with Gasteiger partial charge >= 0.3 is 6.18 Å². The highest BCUT2D eigenvalue weighted by molar-refractivity contribution is 6.37. The van der Waals surface area contributed by atoms with E-state index in [1.165, 1.54) is 30.1 Å². The van der Waals surface area contributed by atoms with Crippen molar-refractivity contribution in [3.8, 4) is 0 Å². The van der Waals surface area contributed by atoms with Crippen LogP contribution < -0.4 is 5.32 Å². The van der Waals surface area contributed by atoms with Crippen LogP contribution >= 0.6 is 23.2 Å². The maximum absolute atomic E-state index is 13.3. The van der Waals surface area contributed by atoms with Crippen LogP contribution in [0.3, 0.4) is 0 Å². The van der Waals surface area contributed by atoms with Crippen molar-refractivity contribution >= 4 is 40.7 Å². The van der Waals surface area contributed by atoms with Crippen molar-refractivity contribution in [3.05, 3.63) is 69.1 Å². The minimum atomic E-state index is -4.74. The Bertz CT molecular complexity index is 1350. The van der Waals surface area contributed by atoms with Gasteiger partial charge < -0.3 is 0 Å². The molecule has 1 N–H and O–H groups in total. The highest BCUT2D eigenvalue weighted by Gasteiger charge is 2.36. The topological polar surface area (TPSA) is 90.0 Å². The monoisotopic (exact) mass is 487 g/mol. The molecule has 0 aliphatic heterocycles. The van der Waals surface area contributed by atoms with Crippen LogP contribution in [0.15, 0.2) is 30.6 Å². The number of fused-ring (bicyclic) bond motifs is 1. The fraction of sp³-hybridized carbons (Fsp3) is 0.167. The van der Waals surface area contributed by atoms with Gasteiger partial charge in [-0.15, -0.1) is 5.10 Å². The van der Waals surface area contributed by atoms with Gasteiger partial charge in [-0.25, -0.2) is 23.6 Å². The second kappa shape index (κ2) is 8.02. The summed E-state index contributed by atoms with van der Waals surface area (Å²) < 4.78 is 55.0. The maximum atomic E-state index is 13.3. The SMILES string of the molecule is Cc1cc(C(F)(F)F)n2nc(C(=O)Nc3ncn(Cc4ccc(F)cc4Cl)n3)c(Cl)c2n1. The minimum Gasteiger partial charge on any atom is -0.288 e. The van der Waals surface area contributed by atoms with Crippen LogP contribution in [0.5, 0.6) is 0 Å². The van der Waals surface area contributed by atoms with E-state index in [-0.39, 0.29) is 33.9 Å². The Labute approximate surface area is 186 Å². The van der Waals surface area contributed by atoms with E-state index in [0.717, 1.165) is 12.1 Å². The first-order valence-corrected chi connectivity index (χ1v) is 9.56. The molecule has 1 amide bonds. The number of carbonyl (C=O) groups is 1. The molecular formula is C18H11Cl2F4N7O. The zero-order valence-electron chi connectivity index (χ0n) is 16.0. The summed E-state index contributed by atoms with van der Waals surface area (Å²) in [7, 11) is 0. The molecule has 3 aromatic heterocycles. The molecule has 1 aromatic carbocycles. The third kappa shape index (κ3) is 4.23. The van der Waals surface area contributed by atoms with Crippen LogP contribution in [0, 0.1) is 12.7 Å². The molecule has 32 heavy (non-hydrogen) atoms. The van der Waals surface area contributed by atoms with Gasteiger partial charge in [-0.3, -0.25) is 10.1 Å². The molecule has 0 aliphatic carbocycles. The molecule has 0 unspecified atom stereocenters. The van der Waals surface area contributed by atoms with Gasteiger partial charge in [0, 0.05) is 10.7 Å². The first-order valence-electron chi connectivity index (χ1n) is 8.80. The van der Waals surface area contributed by atoms with Crippen molar-refractivity contribution < 1.29 is 22.4 Å². The van der Waals surface area contributed by atoms with E-state index in [0.29, 0.717) is 10.1 Å². The predicted octanol–water partition coefficient (Wildman–Crippen LogP) is 4.39. The van der Waals surface area contributed by atoms with Crippen molar-refractivity contribution in [3.63, 3.8) is 0 Å². The van der Waals surface area contributed by atoms with Crippen LogP contribution in [0.2, 0.25) is 10.0 Å². The summed E-state index contributed by atoms with van der Waals surface area (Å²) in [5.74, 6) is -1.57. The van der Waals surface area contributed by atoms with Crippen molar-refractivity contribution in [2.24, 2.45) is 0 Å². The number of nitrogens with one attached hydrogen (secondary N) is 1. The molecule has 0 radical (unpaired) electrons. The lowest BCUT2D eigenvalue weighted by Crippen LogP contribution is -2.16. The highest BCUT2D eigenvalue weighted by Crippen LogP contribution is 2.32. The van der Waals surface area contributed by atoms with Gasteiger partial charge in [-0.2, -0.15) is 18.3 Å². The molecule has 0 saturated heterocycles. The van der Waals surface area contributed by atoms with Crippen LogP contribution in [0.25, 0.3) is 5.65 Å². The number of benzene rings is 1. The molecule has 0 fully saturated rings. The Balaban J connectivity index is 1.59. The summed E-state index contributed by atoms with van der Waals surface area (Å²) in [5, 5.41) is 9.87. The van der Waals surface area contributed by atoms with Gasteiger partial charge in [0.2, 0.25) is 5.95 Å². The third-order valence-corrected chi connectivity index (χ3v) is 4.98. The highest BCUT2D eigenvalue weighted by atomic mass is 35.5. The van der Waals surface area contributed by atoms with Gasteiger partial charge in [-0.05, 0) is 30.7 Å². The molecule has 0 saturated carbocycles. The number of aryl methyl sites for hydroxylation is 1. The number of halogens is 6. The summed E-state index contributed by atoms with van der Waals surface area (Å²) in [5.41, 5.74) is -1.31. The van der Waals surface area contributed by atoms with E-state index >= 15 is 0 Å². The Morgan fingerprint density at radius 1 is 1.19 bits per heavy atom. The Morgan fingerprint density at radius 2 is 1.94 bits per heavy atom. The number of hydrogen-bond donors (Lipinski definition) is 1. The van der Waals surface area contributed by atoms with Crippen molar-refractivity contribution in [1.29, 1.82) is 0 Å². The standard InChI is InChI=1S/C18H11Cl2F4N7O/c1-8-4-12(18(22,23)24)31-15(26-8)13(20)14(28-31)16(32)27-17-25-7-30(29-17)6-9-2-3-10(21)5-11(9)19/h2-5,7H,6H2,1H3,(H,27,29,32). The average molecular weight is 488 g/mol. The maximum Gasteiger partial charge on any atom is 0.433 e. The number of amides is 1. The Hall–Kier alpha value is -3.25. The number of nitrogens with zero attached hydrogens (tertiary/aromatic N) is 6. The van der Waals surface area contributed by atoms with Crippen LogP contribution in [-0.2, 0) is 12.7 Å². The second-order valence-corrected chi connectivity index (χ2v) is 7.42. The molecule has 0 spiro atoms. The summed E-state index contributed by atoms with van der Waals surface area (Å²) in [4.78, 5) is 20.4. The molecular weight excluding hydrogens is 477 g/mol. The molecule has 4 aromatic rings. The van der Waals surface area contributed by atoms with Crippen LogP contribution in [0.1, 0.15) is 27.4 Å². The largest absolute Gasteiger partial charge is 0.433 e. The number of alkyl halides is 3. The zero-order valence-corrected chi connectivity index (χ0v) is 17.5. The molecule has 3 heterocycles. The first-order chi connectivity index (χ1) is 15.0. The molecule has 4 rings (SSSR count). The molecule has 8 nitrogen and oxygen atoms in total. The van der Waals surface area contributed by atoms with Crippen molar-refractivity contribution in [2.75, 3.05) is 5.32 Å². The zero-order chi connectivity index (χ0) is 23.2. The molecule has 14 heteroatoms. The molecule has 0 atom stereocenters. The number of anilines is 1. The third-order valence-electron chi connectivity index (χ3n) is 4.28. The van der Waals surface area contributed by atoms with Gasteiger partial charge in [0.1, 0.15) is 22.9 Å². The molecule has 0 bridgehead atoms. The summed E-state index contributed by atoms with van der Waals surface area (Å²) in [6.07, 6.45) is -3.45. The van der Waals surface area contributed by atoms with E-state index in [1.807, 2.05) is 0 Å². The van der Waals surface area contributed by atoms with Crippen molar-refractivity contribution in [1.82, 2.24) is 29.4 Å². The fourth-order valence-electron chi connectivity index (χ4n) is 2.87. The van der Waals surface area contributed by atoms with Crippen LogP contribution in [-0.4, -0.2) is 35.3 Å². The summed E-state index contributed by atoms with van der Waals surface area (Å²) >= 11 is 12.1. The molecule has 0 aliphatic rings. The average Bonchev–Trinajstić information content (AvgIpc) is 3.27. The van der Waals surface area contributed by atoms with Gasteiger partial charge in [0.05, 0.1) is 6.54 Å².